The average molecular weight is 316 g/mol. The first-order valence-corrected chi connectivity index (χ1v) is 6.49. The minimum Gasteiger partial charge on any atom is -0.502 e. The van der Waals surface area contributed by atoms with E-state index in [0.29, 0.717) is 25.6 Å². The van der Waals surface area contributed by atoms with Crippen LogP contribution in [0.15, 0.2) is 18.2 Å². The molecule has 0 unspecified atom stereocenters. The number of piperidine rings is 1. The lowest BCUT2D eigenvalue weighted by Gasteiger charge is -2.31. The van der Waals surface area contributed by atoms with E-state index in [4.69, 9.17) is 5.73 Å². The van der Waals surface area contributed by atoms with Crippen molar-refractivity contribution in [3.63, 3.8) is 0 Å². The van der Waals surface area contributed by atoms with Gasteiger partial charge in [-0.2, -0.15) is 0 Å². The van der Waals surface area contributed by atoms with Crippen molar-refractivity contribution in [2.24, 2.45) is 11.7 Å². The first-order valence-electron chi connectivity index (χ1n) is 6.49. The maximum atomic E-state index is 12.2. The van der Waals surface area contributed by atoms with Gasteiger partial charge in [0.2, 0.25) is 0 Å². The normalized spacial score (nSPS) is 15.4. The molecule has 1 fully saturated rings. The molecule has 0 bridgehead atoms. The zero-order valence-electron chi connectivity index (χ0n) is 11.4. The lowest BCUT2D eigenvalue weighted by Crippen LogP contribution is -2.40. The number of phenols is 1. The van der Waals surface area contributed by atoms with Crippen molar-refractivity contribution in [3.05, 3.63) is 33.9 Å². The van der Waals surface area contributed by atoms with Gasteiger partial charge in [-0.25, -0.2) is 0 Å². The first kappa shape index (κ1) is 17.2. The van der Waals surface area contributed by atoms with Crippen LogP contribution in [-0.4, -0.2) is 40.5 Å². The van der Waals surface area contributed by atoms with Crippen molar-refractivity contribution in [1.82, 2.24) is 4.90 Å². The van der Waals surface area contributed by atoms with Crippen LogP contribution in [0.25, 0.3) is 0 Å². The van der Waals surface area contributed by atoms with Crippen molar-refractivity contribution < 1.29 is 14.8 Å². The maximum Gasteiger partial charge on any atom is 0.310 e. The van der Waals surface area contributed by atoms with Crippen molar-refractivity contribution >= 4 is 24.0 Å². The fourth-order valence-electron chi connectivity index (χ4n) is 2.37. The molecule has 1 aromatic carbocycles. The molecular weight excluding hydrogens is 298 g/mol. The molecule has 0 aliphatic carbocycles. The summed E-state index contributed by atoms with van der Waals surface area (Å²) in [7, 11) is 0. The van der Waals surface area contributed by atoms with Crippen LogP contribution in [0.5, 0.6) is 5.75 Å². The summed E-state index contributed by atoms with van der Waals surface area (Å²) in [6.07, 6.45) is 1.72. The minimum absolute atomic E-state index is 0. The third-order valence-corrected chi connectivity index (χ3v) is 3.65. The van der Waals surface area contributed by atoms with Crippen LogP contribution in [0.3, 0.4) is 0 Å². The number of nitrogens with two attached hydrogens (primary N) is 1. The van der Waals surface area contributed by atoms with E-state index in [9.17, 15) is 20.0 Å². The second-order valence-electron chi connectivity index (χ2n) is 4.93. The van der Waals surface area contributed by atoms with Crippen LogP contribution >= 0.6 is 12.4 Å². The topological polar surface area (TPSA) is 110 Å². The number of rotatable bonds is 3. The Hall–Kier alpha value is -1.86. The molecular formula is C13H18ClN3O4. The standard InChI is InChI=1S/C13H17N3O4.ClH/c14-8-9-3-5-15(6-4-9)13(18)10-1-2-11(16(19)20)12(17)7-10;/h1-2,7,9,17H,3-6,8,14H2;1H. The lowest BCUT2D eigenvalue weighted by molar-refractivity contribution is -0.385. The summed E-state index contributed by atoms with van der Waals surface area (Å²) in [6.45, 7) is 1.87. The van der Waals surface area contributed by atoms with Crippen LogP contribution in [0, 0.1) is 16.0 Å². The van der Waals surface area contributed by atoms with Gasteiger partial charge >= 0.3 is 5.69 Å². The van der Waals surface area contributed by atoms with E-state index in [1.54, 1.807) is 4.90 Å². The van der Waals surface area contributed by atoms with Crippen molar-refractivity contribution in [2.75, 3.05) is 19.6 Å². The number of benzene rings is 1. The quantitative estimate of drug-likeness (QED) is 0.649. The van der Waals surface area contributed by atoms with Gasteiger partial charge in [-0.1, -0.05) is 0 Å². The Morgan fingerprint density at radius 2 is 2.05 bits per heavy atom. The molecule has 116 valence electrons. The van der Waals surface area contributed by atoms with Crippen molar-refractivity contribution in [3.8, 4) is 5.75 Å². The number of carbonyl (C=O) groups excluding carboxylic acids is 1. The number of amides is 1. The second kappa shape index (κ2) is 7.24. The molecule has 0 aromatic heterocycles. The minimum atomic E-state index is -0.684. The third kappa shape index (κ3) is 3.83. The van der Waals surface area contributed by atoms with E-state index in [2.05, 4.69) is 0 Å². The monoisotopic (exact) mass is 315 g/mol. The number of carbonyl (C=O) groups is 1. The van der Waals surface area contributed by atoms with E-state index < -0.39 is 16.4 Å². The number of nitro groups is 1. The van der Waals surface area contributed by atoms with E-state index in [1.165, 1.54) is 6.07 Å². The highest BCUT2D eigenvalue weighted by atomic mass is 35.5. The summed E-state index contributed by atoms with van der Waals surface area (Å²) in [6, 6.07) is 3.67. The molecule has 21 heavy (non-hydrogen) atoms. The molecule has 1 heterocycles. The predicted molar refractivity (Wildman–Crippen MR) is 79.7 cm³/mol. The third-order valence-electron chi connectivity index (χ3n) is 3.65. The highest BCUT2D eigenvalue weighted by molar-refractivity contribution is 5.95. The zero-order valence-corrected chi connectivity index (χ0v) is 12.2. The molecule has 1 aromatic rings. The molecule has 1 aliphatic rings. The van der Waals surface area contributed by atoms with Gasteiger partial charge in [-0.05, 0) is 37.4 Å². The SMILES string of the molecule is Cl.NCC1CCN(C(=O)c2ccc([N+](=O)[O-])c(O)c2)CC1. The van der Waals surface area contributed by atoms with Gasteiger partial charge in [-0.3, -0.25) is 14.9 Å². The molecule has 1 saturated heterocycles. The molecule has 2 rings (SSSR count). The Morgan fingerprint density at radius 3 is 2.52 bits per heavy atom. The molecule has 0 spiro atoms. The van der Waals surface area contributed by atoms with Crippen molar-refractivity contribution in [2.45, 2.75) is 12.8 Å². The molecule has 1 aliphatic heterocycles. The van der Waals surface area contributed by atoms with Crippen LogP contribution < -0.4 is 5.73 Å². The number of hydrogen-bond donors (Lipinski definition) is 2. The first-order chi connectivity index (χ1) is 9.52. The largest absolute Gasteiger partial charge is 0.502 e. The number of phenolic OH excluding ortho intramolecular Hbond substituents is 1. The number of halogens is 1. The summed E-state index contributed by atoms with van der Waals surface area (Å²) >= 11 is 0. The Balaban J connectivity index is 0.00000220. The van der Waals surface area contributed by atoms with Crippen LogP contribution in [0.1, 0.15) is 23.2 Å². The number of hydrogen-bond acceptors (Lipinski definition) is 5. The summed E-state index contributed by atoms with van der Waals surface area (Å²) in [5.74, 6) is -0.257. The lowest BCUT2D eigenvalue weighted by atomic mass is 9.96. The Bertz CT molecular complexity index is 530. The molecule has 0 atom stereocenters. The highest BCUT2D eigenvalue weighted by Crippen LogP contribution is 2.27. The van der Waals surface area contributed by atoms with Crippen LogP contribution in [0.4, 0.5) is 5.69 Å². The van der Waals surface area contributed by atoms with Crippen molar-refractivity contribution in [1.29, 1.82) is 0 Å². The zero-order chi connectivity index (χ0) is 14.7. The number of nitro benzene ring substituents is 1. The fraction of sp³-hybridized carbons (Fsp3) is 0.462. The fourth-order valence-corrected chi connectivity index (χ4v) is 2.37. The number of aromatic hydroxyl groups is 1. The van der Waals surface area contributed by atoms with Gasteiger partial charge in [-0.15, -0.1) is 12.4 Å². The molecule has 0 radical (unpaired) electrons. The van der Waals surface area contributed by atoms with Gasteiger partial charge in [0.15, 0.2) is 5.75 Å². The van der Waals surface area contributed by atoms with Crippen LogP contribution in [-0.2, 0) is 0 Å². The Kier molecular flexibility index (Phi) is 5.92. The summed E-state index contributed by atoms with van der Waals surface area (Å²) in [5.41, 5.74) is 5.46. The maximum absolute atomic E-state index is 12.2. The smallest absolute Gasteiger partial charge is 0.310 e. The molecule has 8 heteroatoms. The van der Waals surface area contributed by atoms with Crippen LogP contribution in [0.2, 0.25) is 0 Å². The predicted octanol–water partition coefficient (Wildman–Crippen LogP) is 1.53. The number of likely N-dealkylation sites (tertiary alicyclic amines) is 1. The summed E-state index contributed by atoms with van der Waals surface area (Å²) in [4.78, 5) is 23.9. The van der Waals surface area contributed by atoms with Gasteiger partial charge in [0, 0.05) is 24.7 Å². The summed E-state index contributed by atoms with van der Waals surface area (Å²) in [5, 5.41) is 20.2. The second-order valence-corrected chi connectivity index (χ2v) is 4.93. The van der Waals surface area contributed by atoms with E-state index in [1.807, 2.05) is 0 Å². The molecule has 3 N–H and O–H groups in total. The van der Waals surface area contributed by atoms with E-state index >= 15 is 0 Å². The van der Waals surface area contributed by atoms with E-state index in [-0.39, 0.29) is 23.9 Å². The molecule has 7 nitrogen and oxygen atoms in total. The Labute approximate surface area is 128 Å². The van der Waals surface area contributed by atoms with Gasteiger partial charge in [0.25, 0.3) is 5.91 Å². The molecule has 1 amide bonds. The van der Waals surface area contributed by atoms with Gasteiger partial charge < -0.3 is 15.7 Å². The Morgan fingerprint density at radius 1 is 1.43 bits per heavy atom. The number of nitrogens with zero attached hydrogens (tertiary/aromatic N) is 2. The average Bonchev–Trinajstić information content (AvgIpc) is 2.46. The van der Waals surface area contributed by atoms with E-state index in [0.717, 1.165) is 25.0 Å². The van der Waals surface area contributed by atoms with Gasteiger partial charge in [0.1, 0.15) is 0 Å². The van der Waals surface area contributed by atoms with Gasteiger partial charge in [0.05, 0.1) is 4.92 Å². The summed E-state index contributed by atoms with van der Waals surface area (Å²) < 4.78 is 0. The highest BCUT2D eigenvalue weighted by Gasteiger charge is 2.24. The molecule has 0 saturated carbocycles.